The maximum absolute atomic E-state index is 13.4. The molecule has 93 valence electrons. The van der Waals surface area contributed by atoms with Crippen molar-refractivity contribution < 1.29 is 26.7 Å². The summed E-state index contributed by atoms with van der Waals surface area (Å²) in [6.45, 7) is 0. The van der Waals surface area contributed by atoms with Crippen molar-refractivity contribution >= 4 is 16.2 Å². The van der Waals surface area contributed by atoms with Crippen LogP contribution in [0.5, 0.6) is 0 Å². The average Bonchev–Trinajstić information content (AvgIpc) is 2.28. The van der Waals surface area contributed by atoms with Crippen molar-refractivity contribution in [2.24, 2.45) is 5.90 Å². The zero-order chi connectivity index (χ0) is 13.3. The second-order valence-corrected chi connectivity index (χ2v) is 4.49. The molecule has 10 heteroatoms. The fourth-order valence-electron chi connectivity index (χ4n) is 1.01. The van der Waals surface area contributed by atoms with Crippen LogP contribution in [0, 0.1) is 10.1 Å². The van der Waals surface area contributed by atoms with E-state index in [-0.39, 0.29) is 0 Å². The highest BCUT2D eigenvalue weighted by Crippen LogP contribution is 2.39. The molecule has 0 spiro atoms. The van der Waals surface area contributed by atoms with Crippen LogP contribution in [0.2, 0.25) is 0 Å². The minimum atomic E-state index is -5.37. The summed E-state index contributed by atoms with van der Waals surface area (Å²) in [6.07, 6.45) is 0. The minimum Gasteiger partial charge on any atom is -0.258 e. The lowest BCUT2D eigenvalue weighted by Gasteiger charge is -2.09. The number of halogens is 2. The van der Waals surface area contributed by atoms with Gasteiger partial charge >= 0.3 is 15.7 Å². The van der Waals surface area contributed by atoms with E-state index in [1.165, 1.54) is 0 Å². The number of nitro groups is 1. The molecule has 2 N–H and O–H groups in total. The maximum Gasteiger partial charge on any atom is 0.507 e. The molecule has 0 aliphatic carbocycles. The lowest BCUT2D eigenvalue weighted by Crippen LogP contribution is -2.34. The molecule has 0 fully saturated rings. The third-order valence-electron chi connectivity index (χ3n) is 1.83. The van der Waals surface area contributed by atoms with Gasteiger partial charge in [-0.15, -0.1) is 8.78 Å². The Morgan fingerprint density at radius 1 is 1.47 bits per heavy atom. The van der Waals surface area contributed by atoms with Gasteiger partial charge in [-0.3, -0.25) is 10.1 Å². The van der Waals surface area contributed by atoms with Gasteiger partial charge < -0.3 is 0 Å². The zero-order valence-corrected chi connectivity index (χ0v) is 8.86. The van der Waals surface area contributed by atoms with Crippen molar-refractivity contribution in [3.8, 4) is 0 Å². The van der Waals surface area contributed by atoms with Gasteiger partial charge in [-0.2, -0.15) is 5.90 Å². The predicted molar refractivity (Wildman–Crippen MR) is 51.0 cm³/mol. The molecule has 0 amide bonds. The number of nitro benzene ring substituents is 1. The van der Waals surface area contributed by atoms with E-state index < -0.39 is 31.9 Å². The molecule has 7 nitrogen and oxygen atoms in total. The molecule has 1 unspecified atom stereocenters. The number of nitrogens with two attached hydrogens (primary N) is 1. The van der Waals surface area contributed by atoms with E-state index in [2.05, 4.69) is 10.2 Å². The quantitative estimate of drug-likeness (QED) is 0.502. The molecular weight excluding hydrogens is 262 g/mol. The molecular formula is C7H6F2N2O5S+. The Morgan fingerprint density at radius 3 is 2.53 bits per heavy atom. The molecule has 0 saturated heterocycles. The fourth-order valence-corrected chi connectivity index (χ4v) is 1.54. The molecule has 0 aliphatic heterocycles. The highest BCUT2D eigenvalue weighted by molar-refractivity contribution is 7.93. The largest absolute Gasteiger partial charge is 0.507 e. The average molecular weight is 268 g/mol. The standard InChI is InChI=1S/C7H6F2N2O5S/c8-7(9,17(14,15)16-10)5-2-1-3-6(4-5)11(12)13/h1-4H,10H2/q+1. The monoisotopic (exact) mass is 268 g/mol. The zero-order valence-electron chi connectivity index (χ0n) is 8.04. The van der Waals surface area contributed by atoms with Crippen LogP contribution in [-0.4, -0.2) is 4.92 Å². The minimum absolute atomic E-state index is 0.427. The molecule has 0 aromatic heterocycles. The van der Waals surface area contributed by atoms with Crippen molar-refractivity contribution in [2.75, 3.05) is 0 Å². The Hall–Kier alpha value is -1.49. The van der Waals surface area contributed by atoms with E-state index in [9.17, 15) is 27.7 Å². The van der Waals surface area contributed by atoms with Gasteiger partial charge in [0.1, 0.15) is 0 Å². The lowest BCUT2D eigenvalue weighted by molar-refractivity contribution is -0.385. The molecule has 17 heavy (non-hydrogen) atoms. The van der Waals surface area contributed by atoms with Crippen LogP contribution in [0.3, 0.4) is 0 Å². The van der Waals surface area contributed by atoms with E-state index >= 15 is 0 Å². The van der Waals surface area contributed by atoms with Crippen LogP contribution < -0.4 is 5.90 Å². The third kappa shape index (κ3) is 2.44. The van der Waals surface area contributed by atoms with Gasteiger partial charge in [0.15, 0.2) is 0 Å². The fraction of sp³-hybridized carbons (Fsp3) is 0.143. The number of alkyl halides is 2. The molecule has 0 aliphatic rings. The Kier molecular flexibility index (Phi) is 3.52. The van der Waals surface area contributed by atoms with Crippen LogP contribution in [0.25, 0.3) is 0 Å². The smallest absolute Gasteiger partial charge is 0.258 e. The Labute approximate surface area is 94.7 Å². The second-order valence-electron chi connectivity index (χ2n) is 2.87. The van der Waals surface area contributed by atoms with Crippen LogP contribution >= 0.6 is 0 Å². The van der Waals surface area contributed by atoms with Gasteiger partial charge in [-0.1, -0.05) is 6.07 Å². The van der Waals surface area contributed by atoms with Crippen LogP contribution in [0.1, 0.15) is 5.56 Å². The highest BCUT2D eigenvalue weighted by atomic mass is 32.3. The molecule has 1 aromatic carbocycles. The maximum atomic E-state index is 13.4. The van der Waals surface area contributed by atoms with Gasteiger partial charge in [0, 0.05) is 12.1 Å². The van der Waals surface area contributed by atoms with Gasteiger partial charge in [0.05, 0.1) is 15.0 Å². The van der Waals surface area contributed by atoms with Crippen LogP contribution in [-0.2, 0) is 28.8 Å². The molecule has 1 rings (SSSR count). The molecule has 0 saturated carbocycles. The molecule has 0 heterocycles. The first kappa shape index (κ1) is 13.6. The summed E-state index contributed by atoms with van der Waals surface area (Å²) >= 11 is 0. The van der Waals surface area contributed by atoms with Gasteiger partial charge in [-0.05, 0) is 14.6 Å². The topological polar surface area (TPSA) is 115 Å². The summed E-state index contributed by atoms with van der Waals surface area (Å²) in [7, 11) is -5.37. The van der Waals surface area contributed by atoms with Crippen LogP contribution in [0.15, 0.2) is 24.3 Å². The summed E-state index contributed by atoms with van der Waals surface area (Å²) in [5, 5.41) is 5.89. The summed E-state index contributed by atoms with van der Waals surface area (Å²) in [4.78, 5) is 9.42. The summed E-state index contributed by atoms with van der Waals surface area (Å²) in [5.41, 5.74) is -1.77. The number of rotatable bonds is 4. The molecule has 0 bridgehead atoms. The second kappa shape index (κ2) is 4.41. The van der Waals surface area contributed by atoms with Crippen molar-refractivity contribution in [1.82, 2.24) is 0 Å². The van der Waals surface area contributed by atoms with Crippen molar-refractivity contribution in [3.63, 3.8) is 0 Å². The van der Waals surface area contributed by atoms with Crippen LogP contribution in [0.4, 0.5) is 14.5 Å². The number of hydrogen-bond donors (Lipinski definition) is 1. The number of non-ortho nitro benzene ring substituents is 1. The molecule has 1 aromatic rings. The van der Waals surface area contributed by atoms with Gasteiger partial charge in [0.25, 0.3) is 5.69 Å². The number of benzene rings is 1. The summed E-state index contributed by atoms with van der Waals surface area (Å²) in [6, 6.07) is 3.00. The van der Waals surface area contributed by atoms with E-state index in [1.54, 1.807) is 0 Å². The number of hydrogen-bond acceptors (Lipinski definition) is 5. The summed E-state index contributed by atoms with van der Waals surface area (Å²) in [5.74, 6) is 4.23. The first-order valence-corrected chi connectivity index (χ1v) is 5.39. The normalized spacial score (nSPS) is 15.3. The van der Waals surface area contributed by atoms with Gasteiger partial charge in [-0.25, -0.2) is 0 Å². The highest BCUT2D eigenvalue weighted by Gasteiger charge is 2.64. The van der Waals surface area contributed by atoms with E-state index in [0.717, 1.165) is 12.1 Å². The first-order chi connectivity index (χ1) is 7.72. The van der Waals surface area contributed by atoms with E-state index in [4.69, 9.17) is 0 Å². The molecule has 1 atom stereocenters. The van der Waals surface area contributed by atoms with E-state index in [1.807, 2.05) is 0 Å². The Balaban J connectivity index is 3.29. The van der Waals surface area contributed by atoms with Crippen molar-refractivity contribution in [1.29, 1.82) is 0 Å². The summed E-state index contributed by atoms with van der Waals surface area (Å²) < 4.78 is 51.6. The SMILES string of the molecule is NO[S+]([O])(=O)C(F)(F)c1cccc([N+](=O)[O-])c1. The van der Waals surface area contributed by atoms with E-state index in [0.29, 0.717) is 12.1 Å². The number of nitrogens with zero attached hydrogens (tertiary/aromatic N) is 1. The van der Waals surface area contributed by atoms with Crippen molar-refractivity contribution in [2.45, 2.75) is 5.25 Å². The van der Waals surface area contributed by atoms with Crippen molar-refractivity contribution in [3.05, 3.63) is 39.9 Å². The van der Waals surface area contributed by atoms with Gasteiger partial charge in [0.2, 0.25) is 0 Å². The lowest BCUT2D eigenvalue weighted by atomic mass is 10.2. The molecule has 1 radical (unpaired) electrons. The first-order valence-electron chi connectivity index (χ1n) is 3.98. The third-order valence-corrected chi connectivity index (χ3v) is 2.95. The Bertz CT molecular complexity index is 495. The predicted octanol–water partition coefficient (Wildman–Crippen LogP) is 1.29. The Morgan fingerprint density at radius 2 is 2.06 bits per heavy atom.